The highest BCUT2D eigenvalue weighted by Crippen LogP contribution is 2.33. The maximum Gasteiger partial charge on any atom is 0.266 e. The third-order valence-electron chi connectivity index (χ3n) is 3.64. The second-order valence-electron chi connectivity index (χ2n) is 5.51. The predicted molar refractivity (Wildman–Crippen MR) is 114 cm³/mol. The molecule has 1 aromatic heterocycles. The van der Waals surface area contributed by atoms with Gasteiger partial charge in [-0.2, -0.15) is 0 Å². The molecule has 2 heterocycles. The average Bonchev–Trinajstić information content (AvgIpc) is 3.20. The Morgan fingerprint density at radius 1 is 1.37 bits per heavy atom. The van der Waals surface area contributed by atoms with Gasteiger partial charge in [-0.3, -0.25) is 14.5 Å². The SMILES string of the molecule is CCc1nnc(NC(=O)CCN2C(=O)/C(=C/c3ccccc3Cl)SC2=S)s1. The molecule has 0 atom stereocenters. The number of carbonyl (C=O) groups is 2. The summed E-state index contributed by atoms with van der Waals surface area (Å²) in [6.07, 6.45) is 2.60. The van der Waals surface area contributed by atoms with E-state index in [1.807, 2.05) is 25.1 Å². The van der Waals surface area contributed by atoms with E-state index >= 15 is 0 Å². The molecular formula is C17H15ClN4O2S3. The fourth-order valence-electron chi connectivity index (χ4n) is 2.27. The Morgan fingerprint density at radius 3 is 2.85 bits per heavy atom. The molecule has 0 spiro atoms. The fraction of sp³-hybridized carbons (Fsp3) is 0.235. The molecule has 2 amide bonds. The number of hydrogen-bond acceptors (Lipinski definition) is 7. The number of rotatable bonds is 6. The summed E-state index contributed by atoms with van der Waals surface area (Å²) < 4.78 is 0.426. The molecule has 0 unspecified atom stereocenters. The molecule has 140 valence electrons. The van der Waals surface area contributed by atoms with E-state index in [-0.39, 0.29) is 24.8 Å². The van der Waals surface area contributed by atoms with Crippen LogP contribution in [0.1, 0.15) is 23.9 Å². The first kappa shape index (κ1) is 19.9. The molecule has 0 bridgehead atoms. The second kappa shape index (κ2) is 8.92. The van der Waals surface area contributed by atoms with Crippen molar-refractivity contribution >= 4 is 74.3 Å². The Morgan fingerprint density at radius 2 is 2.15 bits per heavy atom. The Bertz CT molecular complexity index is 928. The molecular weight excluding hydrogens is 424 g/mol. The Kier molecular flexibility index (Phi) is 6.59. The standard InChI is InChI=1S/C17H15ClN4O2S3/c1-2-14-20-21-16(27-14)19-13(23)7-8-22-15(24)12(26-17(22)25)9-10-5-3-4-6-11(10)18/h3-6,9H,2,7-8H2,1H3,(H,19,21,23)/b12-9-. The number of nitrogens with one attached hydrogen (secondary N) is 1. The van der Waals surface area contributed by atoms with Gasteiger partial charge in [-0.25, -0.2) is 0 Å². The van der Waals surface area contributed by atoms with Crippen LogP contribution in [0.15, 0.2) is 29.2 Å². The molecule has 0 aliphatic carbocycles. The van der Waals surface area contributed by atoms with Gasteiger partial charge in [0, 0.05) is 18.0 Å². The second-order valence-corrected chi connectivity index (χ2v) is 8.65. The van der Waals surface area contributed by atoms with Crippen LogP contribution in [0, 0.1) is 0 Å². The predicted octanol–water partition coefficient (Wildman–Crippen LogP) is 3.98. The van der Waals surface area contributed by atoms with Crippen LogP contribution in [0.5, 0.6) is 0 Å². The summed E-state index contributed by atoms with van der Waals surface area (Å²) in [6.45, 7) is 2.17. The van der Waals surface area contributed by atoms with Crippen molar-refractivity contribution in [3.63, 3.8) is 0 Å². The van der Waals surface area contributed by atoms with E-state index in [2.05, 4.69) is 15.5 Å². The molecule has 0 saturated carbocycles. The van der Waals surface area contributed by atoms with Crippen LogP contribution < -0.4 is 5.32 Å². The number of anilines is 1. The van der Waals surface area contributed by atoms with Crippen LogP contribution >= 0.6 is 46.9 Å². The van der Waals surface area contributed by atoms with Gasteiger partial charge in [0.2, 0.25) is 11.0 Å². The van der Waals surface area contributed by atoms with Crippen LogP contribution in [0.4, 0.5) is 5.13 Å². The van der Waals surface area contributed by atoms with Gasteiger partial charge >= 0.3 is 0 Å². The van der Waals surface area contributed by atoms with Crippen molar-refractivity contribution < 1.29 is 9.59 Å². The highest BCUT2D eigenvalue weighted by atomic mass is 35.5. The number of thiocarbonyl (C=S) groups is 1. The lowest BCUT2D eigenvalue weighted by molar-refractivity contribution is -0.122. The van der Waals surface area contributed by atoms with Crippen LogP contribution in [-0.4, -0.2) is 37.8 Å². The lowest BCUT2D eigenvalue weighted by Crippen LogP contribution is -2.31. The first-order chi connectivity index (χ1) is 13.0. The van der Waals surface area contributed by atoms with E-state index < -0.39 is 0 Å². The molecule has 10 heteroatoms. The zero-order valence-electron chi connectivity index (χ0n) is 14.3. The number of nitrogens with zero attached hydrogens (tertiary/aromatic N) is 3. The summed E-state index contributed by atoms with van der Waals surface area (Å²) in [5.41, 5.74) is 0.750. The molecule has 1 aromatic carbocycles. The average molecular weight is 439 g/mol. The smallest absolute Gasteiger partial charge is 0.266 e. The van der Waals surface area contributed by atoms with Crippen LogP contribution in [-0.2, 0) is 16.0 Å². The summed E-state index contributed by atoms with van der Waals surface area (Å²) in [4.78, 5) is 26.6. The van der Waals surface area contributed by atoms with Gasteiger partial charge in [0.1, 0.15) is 9.33 Å². The number of thioether (sulfide) groups is 1. The van der Waals surface area contributed by atoms with E-state index in [4.69, 9.17) is 23.8 Å². The summed E-state index contributed by atoms with van der Waals surface area (Å²) in [6, 6.07) is 7.26. The number of carbonyl (C=O) groups excluding carboxylic acids is 2. The highest BCUT2D eigenvalue weighted by Gasteiger charge is 2.32. The molecule has 1 fully saturated rings. The number of benzene rings is 1. The quantitative estimate of drug-likeness (QED) is 0.543. The van der Waals surface area contributed by atoms with Gasteiger partial charge in [-0.05, 0) is 24.1 Å². The van der Waals surface area contributed by atoms with E-state index in [1.54, 1.807) is 12.1 Å². The van der Waals surface area contributed by atoms with Crippen LogP contribution in [0.25, 0.3) is 6.08 Å². The first-order valence-electron chi connectivity index (χ1n) is 8.10. The molecule has 0 radical (unpaired) electrons. The van der Waals surface area contributed by atoms with E-state index in [1.165, 1.54) is 28.0 Å². The summed E-state index contributed by atoms with van der Waals surface area (Å²) in [5.74, 6) is -0.458. The molecule has 1 N–H and O–H groups in total. The summed E-state index contributed by atoms with van der Waals surface area (Å²) >= 11 is 14.0. The van der Waals surface area contributed by atoms with Crippen molar-refractivity contribution in [2.45, 2.75) is 19.8 Å². The maximum absolute atomic E-state index is 12.6. The minimum Gasteiger partial charge on any atom is -0.300 e. The topological polar surface area (TPSA) is 75.2 Å². The third kappa shape index (κ3) is 4.92. The molecule has 2 aromatic rings. The minimum atomic E-state index is -0.238. The molecule has 6 nitrogen and oxygen atoms in total. The van der Waals surface area contributed by atoms with Crippen molar-refractivity contribution in [2.24, 2.45) is 0 Å². The number of hydrogen-bond donors (Lipinski definition) is 1. The van der Waals surface area contributed by atoms with E-state index in [0.29, 0.717) is 19.4 Å². The number of aromatic nitrogens is 2. The van der Waals surface area contributed by atoms with Crippen LogP contribution in [0.3, 0.4) is 0 Å². The van der Waals surface area contributed by atoms with Gasteiger partial charge in [-0.1, -0.05) is 72.0 Å². The Balaban J connectivity index is 1.60. The van der Waals surface area contributed by atoms with Gasteiger partial charge in [-0.15, -0.1) is 10.2 Å². The van der Waals surface area contributed by atoms with Gasteiger partial charge < -0.3 is 5.32 Å². The monoisotopic (exact) mass is 438 g/mol. The number of halogens is 1. The normalized spacial score (nSPS) is 15.6. The van der Waals surface area contributed by atoms with Gasteiger partial charge in [0.25, 0.3) is 5.91 Å². The molecule has 1 aliphatic rings. The molecule has 1 saturated heterocycles. The first-order valence-corrected chi connectivity index (χ1v) is 10.5. The highest BCUT2D eigenvalue weighted by molar-refractivity contribution is 8.26. The van der Waals surface area contributed by atoms with Gasteiger partial charge in [0.15, 0.2) is 0 Å². The van der Waals surface area contributed by atoms with E-state index in [9.17, 15) is 9.59 Å². The van der Waals surface area contributed by atoms with Crippen molar-refractivity contribution in [1.82, 2.24) is 15.1 Å². The molecule has 1 aliphatic heterocycles. The summed E-state index contributed by atoms with van der Waals surface area (Å²) in [7, 11) is 0. The molecule has 27 heavy (non-hydrogen) atoms. The van der Waals surface area contributed by atoms with Crippen molar-refractivity contribution in [1.29, 1.82) is 0 Å². The van der Waals surface area contributed by atoms with Crippen LogP contribution in [0.2, 0.25) is 5.02 Å². The lowest BCUT2D eigenvalue weighted by atomic mass is 10.2. The van der Waals surface area contributed by atoms with Crippen molar-refractivity contribution in [3.05, 3.63) is 44.8 Å². The lowest BCUT2D eigenvalue weighted by Gasteiger charge is -2.13. The number of amides is 2. The van der Waals surface area contributed by atoms with Gasteiger partial charge in [0.05, 0.1) is 4.91 Å². The number of aryl methyl sites for hydroxylation is 1. The minimum absolute atomic E-state index is 0.118. The largest absolute Gasteiger partial charge is 0.300 e. The summed E-state index contributed by atoms with van der Waals surface area (Å²) in [5, 5.41) is 12.4. The molecule has 3 rings (SSSR count). The maximum atomic E-state index is 12.6. The zero-order valence-corrected chi connectivity index (χ0v) is 17.5. The van der Waals surface area contributed by atoms with Crippen molar-refractivity contribution in [2.75, 3.05) is 11.9 Å². The fourth-order valence-corrected chi connectivity index (χ4v) is 4.45. The Labute approximate surface area is 175 Å². The third-order valence-corrected chi connectivity index (χ3v) is 6.35. The van der Waals surface area contributed by atoms with E-state index in [0.717, 1.165) is 17.0 Å². The van der Waals surface area contributed by atoms with Crippen molar-refractivity contribution in [3.8, 4) is 0 Å². The zero-order chi connectivity index (χ0) is 19.4. The Hall–Kier alpha value is -1.81.